The second-order valence-corrected chi connectivity index (χ2v) is 4.62. The molecule has 21 heavy (non-hydrogen) atoms. The summed E-state index contributed by atoms with van der Waals surface area (Å²) in [6, 6.07) is 3.01. The van der Waals surface area contributed by atoms with Crippen molar-refractivity contribution in [3.05, 3.63) is 39.7 Å². The second kappa shape index (κ2) is 7.68. The first-order chi connectivity index (χ1) is 9.96. The molecule has 1 rings (SSSR count). The third kappa shape index (κ3) is 3.98. The summed E-state index contributed by atoms with van der Waals surface area (Å²) in [5, 5.41) is 19.7. The van der Waals surface area contributed by atoms with Crippen LogP contribution in [0.4, 0.5) is 10.1 Å². The molecule has 0 aliphatic carbocycles. The first kappa shape index (κ1) is 17.0. The molecule has 1 aromatic rings. The number of nitro benzene ring substituents is 1. The van der Waals surface area contributed by atoms with Crippen LogP contribution in [-0.4, -0.2) is 40.0 Å². The van der Waals surface area contributed by atoms with Crippen LogP contribution in [-0.2, 0) is 0 Å². The molecule has 0 aromatic heterocycles. The van der Waals surface area contributed by atoms with E-state index in [2.05, 4.69) is 0 Å². The lowest BCUT2D eigenvalue weighted by Gasteiger charge is -2.30. The molecule has 0 aliphatic rings. The van der Waals surface area contributed by atoms with E-state index in [0.29, 0.717) is 12.8 Å². The number of rotatable bonds is 7. The highest BCUT2D eigenvalue weighted by molar-refractivity contribution is 5.94. The monoisotopic (exact) mass is 298 g/mol. The Balaban J connectivity index is 3.09. The fraction of sp³-hybridized carbons (Fsp3) is 0.500. The number of nitro groups is 1. The molecule has 0 unspecified atom stereocenters. The number of halogens is 1. The zero-order valence-electron chi connectivity index (χ0n) is 12.1. The van der Waals surface area contributed by atoms with Crippen molar-refractivity contribution >= 4 is 11.6 Å². The molecule has 0 aliphatic heterocycles. The molecule has 1 N–H and O–H groups in total. The molecule has 116 valence electrons. The number of nitrogens with zero attached hydrogens (tertiary/aromatic N) is 2. The number of hydrogen-bond acceptors (Lipinski definition) is 4. The maximum Gasteiger partial charge on any atom is 0.304 e. The van der Waals surface area contributed by atoms with Crippen LogP contribution in [0.15, 0.2) is 18.2 Å². The lowest BCUT2D eigenvalue weighted by Crippen LogP contribution is -2.41. The molecule has 0 saturated carbocycles. The van der Waals surface area contributed by atoms with Crippen molar-refractivity contribution in [3.8, 4) is 0 Å². The van der Waals surface area contributed by atoms with Gasteiger partial charge >= 0.3 is 5.69 Å². The second-order valence-electron chi connectivity index (χ2n) is 4.62. The predicted octanol–water partition coefficient (Wildman–Crippen LogP) is 2.36. The van der Waals surface area contributed by atoms with Crippen LogP contribution in [0.2, 0.25) is 0 Å². The standard InChI is InChI=1S/C14H19FN2O4/c1-3-11(4-2)16(7-8-18)14(19)10-5-6-13(17(20)21)12(15)9-10/h5-6,9,11,18H,3-4,7-8H2,1-2H3. The first-order valence-electron chi connectivity index (χ1n) is 6.81. The van der Waals surface area contributed by atoms with Crippen molar-refractivity contribution in [2.45, 2.75) is 32.7 Å². The number of carbonyl (C=O) groups excluding carboxylic acids is 1. The minimum atomic E-state index is -1.04. The van der Waals surface area contributed by atoms with Crippen LogP contribution in [0.3, 0.4) is 0 Å². The van der Waals surface area contributed by atoms with Gasteiger partial charge in [0.25, 0.3) is 5.91 Å². The molecule has 0 fully saturated rings. The Morgan fingerprint density at radius 2 is 2.05 bits per heavy atom. The number of aliphatic hydroxyl groups excluding tert-OH is 1. The van der Waals surface area contributed by atoms with Crippen LogP contribution in [0.5, 0.6) is 0 Å². The Morgan fingerprint density at radius 3 is 2.48 bits per heavy atom. The smallest absolute Gasteiger partial charge is 0.304 e. The molecule has 1 amide bonds. The van der Waals surface area contributed by atoms with Gasteiger partial charge in [0.2, 0.25) is 5.82 Å². The molecule has 0 radical (unpaired) electrons. The third-order valence-electron chi connectivity index (χ3n) is 3.38. The first-order valence-corrected chi connectivity index (χ1v) is 6.81. The van der Waals surface area contributed by atoms with Crippen LogP contribution in [0, 0.1) is 15.9 Å². The van der Waals surface area contributed by atoms with E-state index in [1.165, 1.54) is 11.0 Å². The van der Waals surface area contributed by atoms with E-state index in [1.807, 2.05) is 13.8 Å². The highest BCUT2D eigenvalue weighted by atomic mass is 19.1. The Hall–Kier alpha value is -2.02. The molecule has 1 aromatic carbocycles. The zero-order chi connectivity index (χ0) is 16.0. The average molecular weight is 298 g/mol. The average Bonchev–Trinajstić information content (AvgIpc) is 2.46. The fourth-order valence-electron chi connectivity index (χ4n) is 2.24. The van der Waals surface area contributed by atoms with Gasteiger partial charge in [0, 0.05) is 24.2 Å². The molecular formula is C14H19FN2O4. The number of carbonyl (C=O) groups is 1. The van der Waals surface area contributed by atoms with E-state index in [1.54, 1.807) is 0 Å². The van der Waals surface area contributed by atoms with Gasteiger partial charge < -0.3 is 10.0 Å². The maximum absolute atomic E-state index is 13.6. The zero-order valence-corrected chi connectivity index (χ0v) is 12.1. The summed E-state index contributed by atoms with van der Waals surface area (Å²) in [4.78, 5) is 23.6. The Morgan fingerprint density at radius 1 is 1.43 bits per heavy atom. The number of hydrogen-bond donors (Lipinski definition) is 1. The van der Waals surface area contributed by atoms with E-state index >= 15 is 0 Å². The minimum absolute atomic E-state index is 0.0402. The largest absolute Gasteiger partial charge is 0.395 e. The summed E-state index contributed by atoms with van der Waals surface area (Å²) in [5.74, 6) is -1.48. The number of aliphatic hydroxyl groups is 1. The summed E-state index contributed by atoms with van der Waals surface area (Å²) in [7, 11) is 0. The summed E-state index contributed by atoms with van der Waals surface area (Å²) in [5.41, 5.74) is -0.624. The van der Waals surface area contributed by atoms with E-state index in [0.717, 1.165) is 12.1 Å². The SMILES string of the molecule is CCC(CC)N(CCO)C(=O)c1ccc([N+](=O)[O-])c(F)c1. The van der Waals surface area contributed by atoms with Gasteiger partial charge in [-0.15, -0.1) is 0 Å². The van der Waals surface area contributed by atoms with Gasteiger partial charge in [-0.3, -0.25) is 14.9 Å². The summed E-state index contributed by atoms with van der Waals surface area (Å²) < 4.78 is 13.6. The quantitative estimate of drug-likeness (QED) is 0.618. The molecule has 0 bridgehead atoms. The van der Waals surface area contributed by atoms with Crippen molar-refractivity contribution in [2.24, 2.45) is 0 Å². The highest BCUT2D eigenvalue weighted by Crippen LogP contribution is 2.20. The summed E-state index contributed by atoms with van der Waals surface area (Å²) in [6.07, 6.45) is 1.41. The van der Waals surface area contributed by atoms with E-state index in [4.69, 9.17) is 5.11 Å². The fourth-order valence-corrected chi connectivity index (χ4v) is 2.24. The molecule has 0 spiro atoms. The summed E-state index contributed by atoms with van der Waals surface area (Å²) in [6.45, 7) is 3.78. The van der Waals surface area contributed by atoms with Crippen LogP contribution in [0.25, 0.3) is 0 Å². The summed E-state index contributed by atoms with van der Waals surface area (Å²) >= 11 is 0. The van der Waals surface area contributed by atoms with E-state index in [9.17, 15) is 19.3 Å². The molecule has 0 atom stereocenters. The molecular weight excluding hydrogens is 279 g/mol. The van der Waals surface area contributed by atoms with Crippen LogP contribution < -0.4 is 0 Å². The lowest BCUT2D eigenvalue weighted by atomic mass is 10.1. The topological polar surface area (TPSA) is 83.7 Å². The van der Waals surface area contributed by atoms with Crippen molar-refractivity contribution in [3.63, 3.8) is 0 Å². The normalized spacial score (nSPS) is 10.7. The maximum atomic E-state index is 13.6. The minimum Gasteiger partial charge on any atom is -0.395 e. The van der Waals surface area contributed by atoms with Crippen molar-refractivity contribution in [1.82, 2.24) is 4.90 Å². The van der Waals surface area contributed by atoms with Crippen LogP contribution in [0.1, 0.15) is 37.0 Å². The number of amides is 1. The van der Waals surface area contributed by atoms with Gasteiger partial charge in [-0.05, 0) is 25.0 Å². The van der Waals surface area contributed by atoms with Crippen molar-refractivity contribution in [1.29, 1.82) is 0 Å². The Kier molecular flexibility index (Phi) is 6.23. The molecule has 6 nitrogen and oxygen atoms in total. The van der Waals surface area contributed by atoms with Gasteiger partial charge in [-0.1, -0.05) is 13.8 Å². The van der Waals surface area contributed by atoms with Gasteiger partial charge in [0.15, 0.2) is 0 Å². The molecule has 0 saturated heterocycles. The van der Waals surface area contributed by atoms with Crippen molar-refractivity contribution < 1.29 is 19.2 Å². The van der Waals surface area contributed by atoms with Crippen LogP contribution >= 0.6 is 0 Å². The Labute approximate surface area is 122 Å². The van der Waals surface area contributed by atoms with Crippen molar-refractivity contribution in [2.75, 3.05) is 13.2 Å². The van der Waals surface area contributed by atoms with Gasteiger partial charge in [0.05, 0.1) is 11.5 Å². The van der Waals surface area contributed by atoms with Gasteiger partial charge in [-0.25, -0.2) is 0 Å². The van der Waals surface area contributed by atoms with E-state index in [-0.39, 0.29) is 24.8 Å². The predicted molar refractivity (Wildman–Crippen MR) is 75.5 cm³/mol. The lowest BCUT2D eigenvalue weighted by molar-refractivity contribution is -0.387. The van der Waals surface area contributed by atoms with E-state index < -0.39 is 22.3 Å². The highest BCUT2D eigenvalue weighted by Gasteiger charge is 2.24. The van der Waals surface area contributed by atoms with Gasteiger partial charge in [0.1, 0.15) is 0 Å². The number of benzene rings is 1. The third-order valence-corrected chi connectivity index (χ3v) is 3.38. The molecule has 7 heteroatoms. The molecule has 0 heterocycles. The Bertz CT molecular complexity index is 518. The van der Waals surface area contributed by atoms with Gasteiger partial charge in [-0.2, -0.15) is 4.39 Å².